The van der Waals surface area contributed by atoms with Crippen LogP contribution >= 0.6 is 0 Å². The van der Waals surface area contributed by atoms with Crippen LogP contribution in [0.4, 0.5) is 0 Å². The minimum absolute atomic E-state index is 0.0316. The van der Waals surface area contributed by atoms with Crippen molar-refractivity contribution in [1.29, 1.82) is 0 Å². The van der Waals surface area contributed by atoms with Gasteiger partial charge in [-0.2, -0.15) is 0 Å². The predicted octanol–water partition coefficient (Wildman–Crippen LogP) is 1.72. The van der Waals surface area contributed by atoms with Crippen molar-refractivity contribution in [2.24, 2.45) is 0 Å². The van der Waals surface area contributed by atoms with E-state index in [1.54, 1.807) is 55.5 Å². The number of nitrogens with one attached hydrogen (secondary N) is 1. The fourth-order valence-electron chi connectivity index (χ4n) is 2.98. The molecule has 0 bridgehead atoms. The molecule has 0 saturated carbocycles. The Morgan fingerprint density at radius 3 is 2.55 bits per heavy atom. The summed E-state index contributed by atoms with van der Waals surface area (Å²) in [6.07, 6.45) is -0.825. The van der Waals surface area contributed by atoms with Gasteiger partial charge in [0.2, 0.25) is 0 Å². The smallest absolute Gasteiger partial charge is 0.308 e. The largest absolute Gasteiger partial charge is 0.454 e. The van der Waals surface area contributed by atoms with Gasteiger partial charge in [-0.1, -0.05) is 29.5 Å². The van der Waals surface area contributed by atoms with Crippen LogP contribution in [-0.4, -0.2) is 30.9 Å². The maximum absolute atomic E-state index is 12.4. The van der Waals surface area contributed by atoms with Crippen LogP contribution in [0.15, 0.2) is 58.1 Å². The van der Waals surface area contributed by atoms with Gasteiger partial charge < -0.3 is 9.72 Å². The molecular formula is C20H17N5O4. The molecule has 2 aromatic carbocycles. The molecule has 0 aliphatic carbocycles. The van der Waals surface area contributed by atoms with E-state index in [2.05, 4.69) is 20.3 Å². The van der Waals surface area contributed by atoms with Gasteiger partial charge in [0.1, 0.15) is 5.52 Å². The Kier molecular flexibility index (Phi) is 4.86. The van der Waals surface area contributed by atoms with Crippen LogP contribution in [0.1, 0.15) is 25.3 Å². The lowest BCUT2D eigenvalue weighted by atomic mass is 10.2. The lowest BCUT2D eigenvalue weighted by molar-refractivity contribution is -0.149. The molecule has 0 aliphatic heterocycles. The molecule has 2 aromatic heterocycles. The number of esters is 1. The number of aromatic nitrogens is 5. The highest BCUT2D eigenvalue weighted by Crippen LogP contribution is 2.15. The van der Waals surface area contributed by atoms with Gasteiger partial charge in [-0.3, -0.25) is 14.4 Å². The molecule has 146 valence electrons. The summed E-state index contributed by atoms with van der Waals surface area (Å²) in [5, 5.41) is 8.72. The summed E-state index contributed by atoms with van der Waals surface area (Å²) in [6.45, 7) is 1.65. The summed E-state index contributed by atoms with van der Waals surface area (Å²) >= 11 is 0. The van der Waals surface area contributed by atoms with E-state index >= 15 is 0 Å². The first-order chi connectivity index (χ1) is 14.0. The van der Waals surface area contributed by atoms with Crippen molar-refractivity contribution in [3.63, 3.8) is 0 Å². The SMILES string of the molecule is CC(OC(=O)CCn1nnc2ccccc2c1=O)c1nc2ccccc2c(=O)[nH]1. The Morgan fingerprint density at radius 1 is 1.07 bits per heavy atom. The molecular weight excluding hydrogens is 374 g/mol. The lowest BCUT2D eigenvalue weighted by Gasteiger charge is -2.13. The fourth-order valence-corrected chi connectivity index (χ4v) is 2.98. The number of hydrogen-bond donors (Lipinski definition) is 1. The molecule has 9 nitrogen and oxygen atoms in total. The van der Waals surface area contributed by atoms with Gasteiger partial charge in [-0.25, -0.2) is 9.67 Å². The van der Waals surface area contributed by atoms with Crippen LogP contribution in [0.25, 0.3) is 21.8 Å². The molecule has 4 rings (SSSR count). The lowest BCUT2D eigenvalue weighted by Crippen LogP contribution is -2.26. The van der Waals surface area contributed by atoms with Crippen molar-refractivity contribution < 1.29 is 9.53 Å². The van der Waals surface area contributed by atoms with Gasteiger partial charge >= 0.3 is 5.97 Å². The average molecular weight is 391 g/mol. The molecule has 1 atom stereocenters. The van der Waals surface area contributed by atoms with Crippen LogP contribution in [0.3, 0.4) is 0 Å². The number of para-hydroxylation sites is 1. The van der Waals surface area contributed by atoms with E-state index in [4.69, 9.17) is 4.74 Å². The van der Waals surface area contributed by atoms with E-state index < -0.39 is 12.1 Å². The standard InChI is InChI=1S/C20H17N5O4/c1-12(18-21-15-8-4-2-6-13(15)19(27)22-18)29-17(26)10-11-25-20(28)14-7-3-5-9-16(14)23-24-25/h2-9,12H,10-11H2,1H3,(H,21,22,27). The van der Waals surface area contributed by atoms with Crippen LogP contribution in [0.5, 0.6) is 0 Å². The zero-order valence-electron chi connectivity index (χ0n) is 15.5. The summed E-state index contributed by atoms with van der Waals surface area (Å²) < 4.78 is 6.48. The number of carbonyl (C=O) groups excluding carboxylic acids is 1. The summed E-state index contributed by atoms with van der Waals surface area (Å²) in [6, 6.07) is 13.8. The first-order valence-corrected chi connectivity index (χ1v) is 9.04. The van der Waals surface area contributed by atoms with E-state index in [0.717, 1.165) is 4.68 Å². The topological polar surface area (TPSA) is 120 Å². The Morgan fingerprint density at radius 2 is 1.76 bits per heavy atom. The Balaban J connectivity index is 1.45. The quantitative estimate of drug-likeness (QED) is 0.514. The van der Waals surface area contributed by atoms with Crippen LogP contribution < -0.4 is 11.1 Å². The number of nitrogens with zero attached hydrogens (tertiary/aromatic N) is 4. The second-order valence-electron chi connectivity index (χ2n) is 6.49. The molecule has 0 aliphatic rings. The van der Waals surface area contributed by atoms with Gasteiger partial charge in [-0.15, -0.1) is 5.10 Å². The number of fused-ring (bicyclic) bond motifs is 2. The Bertz CT molecular complexity index is 1330. The summed E-state index contributed by atoms with van der Waals surface area (Å²) in [4.78, 5) is 43.8. The third kappa shape index (κ3) is 3.75. The molecule has 2 heterocycles. The second-order valence-corrected chi connectivity index (χ2v) is 6.49. The van der Waals surface area contributed by atoms with Crippen molar-refractivity contribution in [2.45, 2.75) is 26.0 Å². The minimum Gasteiger partial charge on any atom is -0.454 e. The predicted molar refractivity (Wildman–Crippen MR) is 105 cm³/mol. The van der Waals surface area contributed by atoms with E-state index in [0.29, 0.717) is 21.8 Å². The maximum atomic E-state index is 12.4. The first kappa shape index (κ1) is 18.5. The van der Waals surface area contributed by atoms with Gasteiger partial charge in [0.15, 0.2) is 11.9 Å². The van der Waals surface area contributed by atoms with Gasteiger partial charge in [0.25, 0.3) is 11.1 Å². The number of benzene rings is 2. The molecule has 0 amide bonds. The number of aryl methyl sites for hydroxylation is 1. The van der Waals surface area contributed by atoms with Crippen LogP contribution in [0, 0.1) is 0 Å². The second kappa shape index (κ2) is 7.63. The zero-order chi connectivity index (χ0) is 20.4. The zero-order valence-corrected chi connectivity index (χ0v) is 15.5. The fraction of sp³-hybridized carbons (Fsp3) is 0.200. The average Bonchev–Trinajstić information content (AvgIpc) is 2.73. The molecule has 29 heavy (non-hydrogen) atoms. The minimum atomic E-state index is -0.751. The molecule has 1 unspecified atom stereocenters. The van der Waals surface area contributed by atoms with Crippen LogP contribution in [-0.2, 0) is 16.1 Å². The summed E-state index contributed by atoms with van der Waals surface area (Å²) in [5.74, 6) is -0.292. The maximum Gasteiger partial charge on any atom is 0.308 e. The molecule has 0 saturated heterocycles. The van der Waals surface area contributed by atoms with Crippen molar-refractivity contribution in [2.75, 3.05) is 0 Å². The van der Waals surface area contributed by atoms with Crippen molar-refractivity contribution in [3.05, 3.63) is 75.1 Å². The van der Waals surface area contributed by atoms with E-state index in [1.165, 1.54) is 0 Å². The van der Waals surface area contributed by atoms with E-state index in [-0.39, 0.29) is 29.9 Å². The van der Waals surface area contributed by atoms with Gasteiger partial charge in [-0.05, 0) is 31.2 Å². The normalized spacial score (nSPS) is 12.2. The molecule has 0 spiro atoms. The van der Waals surface area contributed by atoms with E-state index in [1.807, 2.05) is 0 Å². The van der Waals surface area contributed by atoms with Crippen molar-refractivity contribution >= 4 is 27.8 Å². The summed E-state index contributed by atoms with van der Waals surface area (Å²) in [5.41, 5.74) is 0.395. The number of rotatable bonds is 5. The number of ether oxygens (including phenoxy) is 1. The third-order valence-electron chi connectivity index (χ3n) is 4.48. The molecule has 1 N–H and O–H groups in total. The molecule has 0 radical (unpaired) electrons. The third-order valence-corrected chi connectivity index (χ3v) is 4.48. The molecule has 9 heteroatoms. The number of aromatic amines is 1. The Hall–Kier alpha value is -3.88. The molecule has 0 fully saturated rings. The highest BCUT2D eigenvalue weighted by molar-refractivity contribution is 5.77. The summed E-state index contributed by atoms with van der Waals surface area (Å²) in [7, 11) is 0. The highest BCUT2D eigenvalue weighted by atomic mass is 16.5. The van der Waals surface area contributed by atoms with Gasteiger partial charge in [0, 0.05) is 0 Å². The first-order valence-electron chi connectivity index (χ1n) is 9.04. The molecule has 4 aromatic rings. The van der Waals surface area contributed by atoms with Crippen molar-refractivity contribution in [1.82, 2.24) is 25.0 Å². The monoisotopic (exact) mass is 391 g/mol. The van der Waals surface area contributed by atoms with Gasteiger partial charge in [0.05, 0.1) is 29.3 Å². The van der Waals surface area contributed by atoms with Crippen molar-refractivity contribution in [3.8, 4) is 0 Å². The Labute approximate surface area is 164 Å². The number of carbonyl (C=O) groups is 1. The number of hydrogen-bond acceptors (Lipinski definition) is 7. The van der Waals surface area contributed by atoms with Crippen LogP contribution in [0.2, 0.25) is 0 Å². The van der Waals surface area contributed by atoms with E-state index in [9.17, 15) is 14.4 Å². The number of H-pyrrole nitrogens is 1. The highest BCUT2D eigenvalue weighted by Gasteiger charge is 2.16.